The van der Waals surface area contributed by atoms with E-state index in [9.17, 15) is 8.42 Å². The largest absolute Gasteiger partial charge is 0.472 e. The minimum atomic E-state index is -4.48. The Hall–Kier alpha value is -1.27. The van der Waals surface area contributed by atoms with Crippen molar-refractivity contribution in [3.63, 3.8) is 0 Å². The standard InChI is InChI=1S/C24H36O5S/c1-23(2)12-4-5-19-21(23)10-13-24(3)20(8-6-17-11-14-28-15-17)18(7-9-22(19)24)16-29-30(25,26)27/h11,14-16,19-22H,4-10,12-13H2,1-3H3,(H,25,26,27)/b18-16+/t19?,20-,21?,22?,24+/m0/s1. The smallest absolute Gasteiger partial charge is 0.445 e. The van der Waals surface area contributed by atoms with Crippen molar-refractivity contribution >= 4 is 10.4 Å². The molecule has 3 aliphatic rings. The SMILES string of the molecule is CC1(C)CCCC2C1CC[C@@]1(C)C2CC/C(=C\OS(=O)(=O)O)[C@@H]1CCc1ccoc1. The maximum Gasteiger partial charge on any atom is 0.445 e. The van der Waals surface area contributed by atoms with Gasteiger partial charge in [0.2, 0.25) is 0 Å². The van der Waals surface area contributed by atoms with Crippen LogP contribution in [0.25, 0.3) is 0 Å². The van der Waals surface area contributed by atoms with Crippen LogP contribution in [0.4, 0.5) is 0 Å². The lowest BCUT2D eigenvalue weighted by Gasteiger charge is -2.61. The molecule has 5 nitrogen and oxygen atoms in total. The first kappa shape index (κ1) is 21.9. The average Bonchev–Trinajstić information content (AvgIpc) is 3.17. The topological polar surface area (TPSA) is 76.7 Å². The molecule has 3 fully saturated rings. The van der Waals surface area contributed by atoms with Gasteiger partial charge in [-0.25, -0.2) is 0 Å². The first-order valence-electron chi connectivity index (χ1n) is 11.5. The van der Waals surface area contributed by atoms with Crippen LogP contribution in [0.1, 0.15) is 77.7 Å². The van der Waals surface area contributed by atoms with Crippen LogP contribution in [-0.4, -0.2) is 13.0 Å². The van der Waals surface area contributed by atoms with Gasteiger partial charge in [0.1, 0.15) is 6.26 Å². The summed E-state index contributed by atoms with van der Waals surface area (Å²) in [5.74, 6) is 2.46. The number of rotatable bonds is 5. The lowest BCUT2D eigenvalue weighted by Crippen LogP contribution is -2.53. The molecule has 0 bridgehead atoms. The van der Waals surface area contributed by atoms with Gasteiger partial charge >= 0.3 is 10.4 Å². The Morgan fingerprint density at radius 1 is 1.20 bits per heavy atom. The number of fused-ring (bicyclic) bond motifs is 3. The quantitative estimate of drug-likeness (QED) is 0.440. The molecular weight excluding hydrogens is 400 g/mol. The van der Waals surface area contributed by atoms with E-state index >= 15 is 0 Å². The fourth-order valence-corrected chi connectivity index (χ4v) is 7.65. The van der Waals surface area contributed by atoms with Gasteiger partial charge < -0.3 is 8.60 Å². The van der Waals surface area contributed by atoms with Crippen LogP contribution in [0.3, 0.4) is 0 Å². The summed E-state index contributed by atoms with van der Waals surface area (Å²) in [6.07, 6.45) is 15.0. The molecule has 3 unspecified atom stereocenters. The van der Waals surface area contributed by atoms with Crippen molar-refractivity contribution in [2.45, 2.75) is 78.6 Å². The summed E-state index contributed by atoms with van der Waals surface area (Å²) in [6, 6.07) is 2.00. The lowest BCUT2D eigenvalue weighted by molar-refractivity contribution is -0.0957. The zero-order valence-corrected chi connectivity index (χ0v) is 19.3. The molecule has 30 heavy (non-hydrogen) atoms. The third-order valence-electron chi connectivity index (χ3n) is 8.85. The maximum atomic E-state index is 11.2. The molecule has 168 valence electrons. The first-order chi connectivity index (χ1) is 14.1. The molecule has 0 aromatic carbocycles. The Morgan fingerprint density at radius 3 is 2.70 bits per heavy atom. The van der Waals surface area contributed by atoms with Gasteiger partial charge in [0, 0.05) is 0 Å². The van der Waals surface area contributed by atoms with Gasteiger partial charge in [-0.15, -0.1) is 0 Å². The van der Waals surface area contributed by atoms with Crippen molar-refractivity contribution in [2.24, 2.45) is 34.5 Å². The predicted octanol–water partition coefficient (Wildman–Crippen LogP) is 6.18. The number of allylic oxidation sites excluding steroid dienone is 1. The van der Waals surface area contributed by atoms with Crippen molar-refractivity contribution < 1.29 is 21.6 Å². The van der Waals surface area contributed by atoms with E-state index in [0.29, 0.717) is 11.3 Å². The zero-order valence-electron chi connectivity index (χ0n) is 18.5. The third kappa shape index (κ3) is 4.22. The van der Waals surface area contributed by atoms with Crippen LogP contribution in [-0.2, 0) is 21.0 Å². The highest BCUT2D eigenvalue weighted by atomic mass is 32.3. The minimum Gasteiger partial charge on any atom is -0.472 e. The van der Waals surface area contributed by atoms with Crippen LogP contribution in [0, 0.1) is 34.5 Å². The highest BCUT2D eigenvalue weighted by Crippen LogP contribution is 2.64. The second-order valence-corrected chi connectivity index (χ2v) is 11.8. The molecule has 0 aliphatic heterocycles. The van der Waals surface area contributed by atoms with Gasteiger partial charge in [-0.05, 0) is 103 Å². The summed E-state index contributed by atoms with van der Waals surface area (Å²) in [5.41, 5.74) is 2.75. The van der Waals surface area contributed by atoms with Gasteiger partial charge in [0.25, 0.3) is 0 Å². The molecule has 3 aliphatic carbocycles. The second-order valence-electron chi connectivity index (χ2n) is 10.8. The fraction of sp³-hybridized carbons (Fsp3) is 0.750. The van der Waals surface area contributed by atoms with Crippen molar-refractivity contribution in [1.29, 1.82) is 0 Å². The Bertz CT molecular complexity index is 869. The normalized spacial score (nSPS) is 37.4. The molecule has 4 rings (SSSR count). The summed E-state index contributed by atoms with van der Waals surface area (Å²) in [5, 5.41) is 0. The van der Waals surface area contributed by atoms with Gasteiger partial charge in [-0.1, -0.05) is 27.2 Å². The average molecular weight is 437 g/mol. The lowest BCUT2D eigenvalue weighted by atomic mass is 9.44. The summed E-state index contributed by atoms with van der Waals surface area (Å²) in [7, 11) is -4.48. The molecule has 0 saturated heterocycles. The first-order valence-corrected chi connectivity index (χ1v) is 12.8. The van der Waals surface area contributed by atoms with Crippen molar-refractivity contribution in [2.75, 3.05) is 0 Å². The van der Waals surface area contributed by atoms with Crippen LogP contribution in [0.2, 0.25) is 0 Å². The van der Waals surface area contributed by atoms with E-state index in [1.807, 2.05) is 6.07 Å². The number of hydrogen-bond donors (Lipinski definition) is 1. The van der Waals surface area contributed by atoms with E-state index < -0.39 is 10.4 Å². The molecule has 1 N–H and O–H groups in total. The van der Waals surface area contributed by atoms with Gasteiger partial charge in [-0.3, -0.25) is 4.55 Å². The number of furan rings is 1. The van der Waals surface area contributed by atoms with Crippen LogP contribution in [0.5, 0.6) is 0 Å². The summed E-state index contributed by atoms with van der Waals surface area (Å²) >= 11 is 0. The van der Waals surface area contributed by atoms with Crippen molar-refractivity contribution in [3.05, 3.63) is 36.0 Å². The van der Waals surface area contributed by atoms with Gasteiger partial charge in [-0.2, -0.15) is 8.42 Å². The van der Waals surface area contributed by atoms with E-state index in [1.54, 1.807) is 12.5 Å². The third-order valence-corrected chi connectivity index (χ3v) is 9.19. The van der Waals surface area contributed by atoms with Crippen LogP contribution < -0.4 is 0 Å². The monoisotopic (exact) mass is 436 g/mol. The van der Waals surface area contributed by atoms with Crippen LogP contribution >= 0.6 is 0 Å². The van der Waals surface area contributed by atoms with Gasteiger partial charge in [0.05, 0.1) is 12.5 Å². The molecule has 5 atom stereocenters. The second kappa shape index (κ2) is 8.01. The molecule has 3 saturated carbocycles. The Labute approximate surface area is 181 Å². The molecule has 6 heteroatoms. The van der Waals surface area contributed by atoms with Crippen molar-refractivity contribution in [3.8, 4) is 0 Å². The fourth-order valence-electron chi connectivity index (χ4n) is 7.41. The van der Waals surface area contributed by atoms with E-state index in [-0.39, 0.29) is 11.3 Å². The number of hydrogen-bond acceptors (Lipinski definition) is 4. The summed E-state index contributed by atoms with van der Waals surface area (Å²) < 4.78 is 41.6. The maximum absolute atomic E-state index is 11.2. The van der Waals surface area contributed by atoms with Crippen LogP contribution in [0.15, 0.2) is 34.8 Å². The van der Waals surface area contributed by atoms with E-state index in [1.165, 1.54) is 43.9 Å². The highest BCUT2D eigenvalue weighted by molar-refractivity contribution is 7.81. The number of aryl methyl sites for hydroxylation is 1. The van der Waals surface area contributed by atoms with E-state index in [4.69, 9.17) is 13.2 Å². The van der Waals surface area contributed by atoms with Crippen molar-refractivity contribution in [1.82, 2.24) is 0 Å². The minimum absolute atomic E-state index is 0.130. The summed E-state index contributed by atoms with van der Waals surface area (Å²) in [4.78, 5) is 0. The molecule has 1 heterocycles. The summed E-state index contributed by atoms with van der Waals surface area (Å²) in [6.45, 7) is 7.34. The molecule has 0 amide bonds. The van der Waals surface area contributed by atoms with Gasteiger partial charge in [0.15, 0.2) is 0 Å². The Balaban J connectivity index is 1.63. The molecular formula is C24H36O5S. The van der Waals surface area contributed by atoms with E-state index in [0.717, 1.165) is 43.1 Å². The zero-order chi connectivity index (χ0) is 21.6. The molecule has 0 spiro atoms. The molecule has 1 aromatic rings. The Morgan fingerprint density at radius 2 is 2.00 bits per heavy atom. The molecule has 0 radical (unpaired) electrons. The highest BCUT2D eigenvalue weighted by Gasteiger charge is 2.56. The Kier molecular flexibility index (Phi) is 5.86. The van der Waals surface area contributed by atoms with E-state index in [2.05, 4.69) is 20.8 Å². The molecule has 1 aromatic heterocycles. The predicted molar refractivity (Wildman–Crippen MR) is 116 cm³/mol.